The molecule has 0 heterocycles. The van der Waals surface area contributed by atoms with Crippen molar-refractivity contribution in [1.29, 1.82) is 0 Å². The molecule has 2 aromatic rings. The fraction of sp³-hybridized carbons (Fsp3) is 0.368. The van der Waals surface area contributed by atoms with Crippen LogP contribution in [0.25, 0.3) is 11.1 Å². The molecule has 25 heavy (non-hydrogen) atoms. The Labute approximate surface area is 149 Å². The number of nitro benzene ring substituents is 1. The number of aryl methyl sites for hydroxylation is 1. The predicted octanol–water partition coefficient (Wildman–Crippen LogP) is 4.75. The van der Waals surface area contributed by atoms with E-state index in [9.17, 15) is 14.9 Å². The van der Waals surface area contributed by atoms with Gasteiger partial charge in [-0.25, -0.2) is 0 Å². The van der Waals surface area contributed by atoms with Gasteiger partial charge < -0.3 is 10.5 Å². The number of nitrogens with two attached hydrogens (primary N) is 1. The van der Waals surface area contributed by atoms with E-state index in [4.69, 9.17) is 5.73 Å². The molecule has 0 spiro atoms. The summed E-state index contributed by atoms with van der Waals surface area (Å²) in [6.07, 6.45) is 1.85. The van der Waals surface area contributed by atoms with Gasteiger partial charge in [-0.1, -0.05) is 38.1 Å². The van der Waals surface area contributed by atoms with Gasteiger partial charge in [-0.3, -0.25) is 10.1 Å². The third kappa shape index (κ3) is 4.46. The lowest BCUT2D eigenvalue weighted by Gasteiger charge is -2.35. The first-order valence-corrected chi connectivity index (χ1v) is 11.3. The first kappa shape index (κ1) is 19.1. The van der Waals surface area contributed by atoms with Crippen LogP contribution in [0, 0.1) is 10.1 Å². The summed E-state index contributed by atoms with van der Waals surface area (Å²) < 4.78 is 0. The zero-order valence-corrected chi connectivity index (χ0v) is 16.2. The lowest BCUT2D eigenvalue weighted by molar-refractivity contribution is -0.383. The number of rotatable bonds is 6. The summed E-state index contributed by atoms with van der Waals surface area (Å²) in [6.45, 7) is 8.23. The van der Waals surface area contributed by atoms with Crippen LogP contribution in [-0.2, 0) is 6.42 Å². The molecule has 134 valence electrons. The monoisotopic (exact) mass is 358 g/mol. The Morgan fingerprint density at radius 1 is 1.12 bits per heavy atom. The molecule has 0 aromatic heterocycles. The maximum Gasteiger partial charge on any atom is 0.292 e. The molecule has 6 heteroatoms. The van der Waals surface area contributed by atoms with E-state index in [1.165, 1.54) is 11.6 Å². The molecule has 2 rings (SSSR count). The highest BCUT2D eigenvalue weighted by atomic mass is 28.4. The van der Waals surface area contributed by atoms with Crippen molar-refractivity contribution < 1.29 is 9.72 Å². The second-order valence-corrected chi connectivity index (χ2v) is 12.1. The molecule has 0 atom stereocenters. The molecule has 5 nitrogen and oxygen atoms in total. The Balaban J connectivity index is 2.13. The minimum absolute atomic E-state index is 0.0432. The van der Waals surface area contributed by atoms with Crippen molar-refractivity contribution in [2.45, 2.75) is 44.8 Å². The Kier molecular flexibility index (Phi) is 5.34. The molecule has 3 N–H and O–H groups in total. The maximum atomic E-state index is 10.8. The number of nitrogens with zero attached hydrogens (tertiary/aromatic N) is 1. The fourth-order valence-corrected chi connectivity index (χ4v) is 3.26. The van der Waals surface area contributed by atoms with Crippen LogP contribution in [0.3, 0.4) is 0 Å². The molecule has 0 aliphatic carbocycles. The van der Waals surface area contributed by atoms with Crippen molar-refractivity contribution in [2.75, 3.05) is 5.73 Å². The van der Waals surface area contributed by atoms with E-state index in [1.807, 2.05) is 25.2 Å². The van der Waals surface area contributed by atoms with Gasteiger partial charge in [-0.15, -0.1) is 0 Å². The van der Waals surface area contributed by atoms with Crippen molar-refractivity contribution >= 4 is 19.7 Å². The summed E-state index contributed by atoms with van der Waals surface area (Å²) in [5.41, 5.74) is 8.91. The van der Waals surface area contributed by atoms with E-state index in [1.54, 1.807) is 12.1 Å². The summed E-state index contributed by atoms with van der Waals surface area (Å²) in [4.78, 5) is 20.8. The first-order valence-electron chi connectivity index (χ1n) is 8.37. The zero-order chi connectivity index (χ0) is 18.8. The molecule has 0 saturated carbocycles. The van der Waals surface area contributed by atoms with Crippen LogP contribution in [0.2, 0.25) is 18.1 Å². The minimum Gasteiger partial charge on any atom is -0.432 e. The van der Waals surface area contributed by atoms with Gasteiger partial charge in [0.2, 0.25) is 0 Å². The SMILES string of the molecule is CC(C)(CCc1ccc(-c2ccc([N+](=O)[O-])c(N)c2)cc1)[Si](C)(C)O. The topological polar surface area (TPSA) is 89.4 Å². The quantitative estimate of drug-likeness (QED) is 0.337. The molecule has 0 aliphatic rings. The summed E-state index contributed by atoms with van der Waals surface area (Å²) in [6, 6.07) is 12.9. The van der Waals surface area contributed by atoms with Gasteiger partial charge in [0.25, 0.3) is 5.69 Å². The molecule has 0 unspecified atom stereocenters. The number of hydrogen-bond acceptors (Lipinski definition) is 4. The summed E-state index contributed by atoms with van der Waals surface area (Å²) in [7, 11) is -2.19. The number of nitrogen functional groups attached to an aromatic ring is 1. The molecule has 0 amide bonds. The van der Waals surface area contributed by atoms with Crippen molar-refractivity contribution in [3.8, 4) is 11.1 Å². The summed E-state index contributed by atoms with van der Waals surface area (Å²) in [5.74, 6) is 0. The van der Waals surface area contributed by atoms with Gasteiger partial charge in [0, 0.05) is 6.07 Å². The molecule has 0 saturated heterocycles. The van der Waals surface area contributed by atoms with Gasteiger partial charge in [-0.2, -0.15) is 0 Å². The normalized spacial score (nSPS) is 12.2. The molecule has 0 aliphatic heterocycles. The van der Waals surface area contributed by atoms with Crippen LogP contribution >= 0.6 is 0 Å². The van der Waals surface area contributed by atoms with Crippen LogP contribution in [0.1, 0.15) is 25.8 Å². The van der Waals surface area contributed by atoms with Crippen molar-refractivity contribution in [1.82, 2.24) is 0 Å². The minimum atomic E-state index is -2.19. The second-order valence-electron chi connectivity index (χ2n) is 7.67. The maximum absolute atomic E-state index is 10.8. The highest BCUT2D eigenvalue weighted by molar-refractivity contribution is 6.72. The third-order valence-electron chi connectivity index (χ3n) is 5.21. The van der Waals surface area contributed by atoms with E-state index in [0.717, 1.165) is 24.0 Å². The summed E-state index contributed by atoms with van der Waals surface area (Å²) >= 11 is 0. The zero-order valence-electron chi connectivity index (χ0n) is 15.2. The average Bonchev–Trinajstić information content (AvgIpc) is 2.52. The lowest BCUT2D eigenvalue weighted by Crippen LogP contribution is -2.39. The predicted molar refractivity (Wildman–Crippen MR) is 105 cm³/mol. The van der Waals surface area contributed by atoms with E-state index in [2.05, 4.69) is 26.0 Å². The Morgan fingerprint density at radius 2 is 1.68 bits per heavy atom. The Bertz CT molecular complexity index is 765. The van der Waals surface area contributed by atoms with E-state index < -0.39 is 13.2 Å². The van der Waals surface area contributed by atoms with E-state index in [-0.39, 0.29) is 16.4 Å². The second kappa shape index (κ2) is 6.97. The highest BCUT2D eigenvalue weighted by Gasteiger charge is 2.37. The van der Waals surface area contributed by atoms with Gasteiger partial charge in [0.1, 0.15) is 5.69 Å². The van der Waals surface area contributed by atoms with E-state index >= 15 is 0 Å². The van der Waals surface area contributed by atoms with Crippen LogP contribution in [0.15, 0.2) is 42.5 Å². The van der Waals surface area contributed by atoms with Crippen LogP contribution in [-0.4, -0.2) is 18.0 Å². The average molecular weight is 359 g/mol. The molecular weight excluding hydrogens is 332 g/mol. The van der Waals surface area contributed by atoms with Crippen molar-refractivity contribution in [3.63, 3.8) is 0 Å². The molecule has 0 fully saturated rings. The third-order valence-corrected chi connectivity index (χ3v) is 8.77. The molecule has 2 aromatic carbocycles. The molecule has 0 radical (unpaired) electrons. The smallest absolute Gasteiger partial charge is 0.292 e. The first-order chi connectivity index (χ1) is 11.5. The Morgan fingerprint density at radius 3 is 2.16 bits per heavy atom. The van der Waals surface area contributed by atoms with Crippen LogP contribution in [0.5, 0.6) is 0 Å². The summed E-state index contributed by atoms with van der Waals surface area (Å²) in [5, 5.41) is 10.8. The van der Waals surface area contributed by atoms with E-state index in [0.29, 0.717) is 0 Å². The number of nitro groups is 1. The van der Waals surface area contributed by atoms with Crippen LogP contribution < -0.4 is 5.73 Å². The lowest BCUT2D eigenvalue weighted by atomic mass is 9.98. The van der Waals surface area contributed by atoms with Gasteiger partial charge >= 0.3 is 0 Å². The fourth-order valence-electron chi connectivity index (χ4n) is 2.53. The number of anilines is 1. The van der Waals surface area contributed by atoms with Crippen molar-refractivity contribution in [2.24, 2.45) is 0 Å². The standard InChI is InChI=1S/C19H26N2O3Si/c1-19(2,25(3,4)24)12-11-14-5-7-15(8-6-14)16-9-10-18(21(22)23)17(20)13-16/h5-10,13,24H,11-12,20H2,1-4H3. The molecule has 0 bridgehead atoms. The van der Waals surface area contributed by atoms with Gasteiger partial charge in [0.05, 0.1) is 4.92 Å². The Hall–Kier alpha value is -2.18. The highest BCUT2D eigenvalue weighted by Crippen LogP contribution is 2.39. The van der Waals surface area contributed by atoms with Crippen LogP contribution in [0.4, 0.5) is 11.4 Å². The van der Waals surface area contributed by atoms with Gasteiger partial charge in [0.15, 0.2) is 8.32 Å². The largest absolute Gasteiger partial charge is 0.432 e. The number of benzene rings is 2. The molecular formula is C19H26N2O3Si. The van der Waals surface area contributed by atoms with Gasteiger partial charge in [-0.05, 0) is 59.8 Å². The number of hydrogen-bond donors (Lipinski definition) is 2. The van der Waals surface area contributed by atoms with Crippen molar-refractivity contribution in [3.05, 3.63) is 58.1 Å².